The van der Waals surface area contributed by atoms with E-state index in [-0.39, 0.29) is 6.29 Å². The lowest BCUT2D eigenvalue weighted by Crippen LogP contribution is -2.00. The summed E-state index contributed by atoms with van der Waals surface area (Å²) >= 11 is 0. The summed E-state index contributed by atoms with van der Waals surface area (Å²) in [5, 5.41) is 19.3. The number of aromatic hydroxyl groups is 1. The molecule has 1 aromatic heterocycles. The molecule has 80 valence electrons. The molecule has 0 bridgehead atoms. The maximum atomic E-state index is 12.3. The molecule has 0 saturated heterocycles. The van der Waals surface area contributed by atoms with E-state index in [1.165, 1.54) is 0 Å². The van der Waals surface area contributed by atoms with Crippen molar-refractivity contribution in [2.75, 3.05) is 0 Å². The van der Waals surface area contributed by atoms with E-state index in [9.17, 15) is 23.7 Å². The third kappa shape index (κ3) is 1.87. The van der Waals surface area contributed by atoms with Crippen molar-refractivity contribution in [2.24, 2.45) is 0 Å². The maximum absolute atomic E-state index is 12.3. The Morgan fingerprint density at radius 1 is 1.60 bits per heavy atom. The molecule has 0 amide bonds. The third-order valence-electron chi connectivity index (χ3n) is 1.62. The van der Waals surface area contributed by atoms with Gasteiger partial charge in [-0.2, -0.15) is 0 Å². The molecule has 0 spiro atoms. The Labute approximate surface area is 81.3 Å². The molecule has 0 aromatic carbocycles. The van der Waals surface area contributed by atoms with Crippen molar-refractivity contribution >= 4 is 12.1 Å². The number of aromatic nitrogens is 1. The number of pyridine rings is 1. The highest BCUT2D eigenvalue weighted by atomic mass is 19.3. The van der Waals surface area contributed by atoms with Crippen LogP contribution < -0.4 is 0 Å². The van der Waals surface area contributed by atoms with Gasteiger partial charge in [0.25, 0.3) is 6.43 Å². The topological polar surface area (TPSA) is 93.3 Å². The molecule has 0 aliphatic carbocycles. The third-order valence-corrected chi connectivity index (χ3v) is 1.62. The molecule has 0 radical (unpaired) electrons. The van der Waals surface area contributed by atoms with Gasteiger partial charge in [0.15, 0.2) is 12.5 Å². The molecule has 6 nitrogen and oxygen atoms in total. The molecule has 8 heteroatoms. The van der Waals surface area contributed by atoms with Crippen molar-refractivity contribution in [3.05, 3.63) is 27.4 Å². The van der Waals surface area contributed by atoms with Gasteiger partial charge in [0, 0.05) is 0 Å². The lowest BCUT2D eigenvalue weighted by atomic mass is 10.1. The lowest BCUT2D eigenvalue weighted by Gasteiger charge is -2.04. The minimum atomic E-state index is -3.19. The van der Waals surface area contributed by atoms with Crippen molar-refractivity contribution < 1.29 is 23.6 Å². The first-order chi connectivity index (χ1) is 6.99. The number of alkyl halides is 2. The zero-order valence-electron chi connectivity index (χ0n) is 7.05. The normalized spacial score (nSPS) is 10.3. The Balaban J connectivity index is 3.49. The Morgan fingerprint density at radius 3 is 2.60 bits per heavy atom. The number of carbonyl (C=O) groups excluding carboxylic acids is 1. The van der Waals surface area contributed by atoms with Crippen LogP contribution in [0.3, 0.4) is 0 Å². The van der Waals surface area contributed by atoms with Crippen LogP contribution in [0.1, 0.15) is 22.3 Å². The molecule has 0 saturated carbocycles. The monoisotopic (exact) mass is 218 g/mol. The molecule has 1 rings (SSSR count). The lowest BCUT2D eigenvalue weighted by molar-refractivity contribution is -0.390. The van der Waals surface area contributed by atoms with Gasteiger partial charge in [-0.05, 0) is 9.91 Å². The fourth-order valence-corrected chi connectivity index (χ4v) is 0.975. The van der Waals surface area contributed by atoms with Crippen LogP contribution in [0.4, 0.5) is 14.6 Å². The summed E-state index contributed by atoms with van der Waals surface area (Å²) in [7, 11) is 0. The van der Waals surface area contributed by atoms with Crippen LogP contribution in [0.5, 0.6) is 5.75 Å². The van der Waals surface area contributed by atoms with Crippen molar-refractivity contribution in [3.8, 4) is 5.75 Å². The minimum absolute atomic E-state index is 0.0396. The molecule has 0 atom stereocenters. The number of hydrogen-bond acceptors (Lipinski definition) is 5. The zero-order valence-corrected chi connectivity index (χ0v) is 7.05. The van der Waals surface area contributed by atoms with E-state index in [0.29, 0.717) is 6.20 Å². The Bertz CT molecular complexity index is 422. The average molecular weight is 218 g/mol. The predicted molar refractivity (Wildman–Crippen MR) is 42.9 cm³/mol. The molecule has 0 aliphatic heterocycles. The smallest absolute Gasteiger partial charge is 0.406 e. The van der Waals surface area contributed by atoms with Crippen molar-refractivity contribution in [2.45, 2.75) is 6.43 Å². The molecule has 1 heterocycles. The van der Waals surface area contributed by atoms with Crippen LogP contribution in [0.2, 0.25) is 0 Å². The molecule has 0 aliphatic rings. The van der Waals surface area contributed by atoms with Gasteiger partial charge in [-0.15, -0.1) is 0 Å². The van der Waals surface area contributed by atoms with Gasteiger partial charge < -0.3 is 15.2 Å². The molecule has 0 fully saturated rings. The van der Waals surface area contributed by atoms with E-state index < -0.39 is 34.0 Å². The number of hydrogen-bond donors (Lipinski definition) is 1. The van der Waals surface area contributed by atoms with Crippen LogP contribution in [0, 0.1) is 10.1 Å². The fraction of sp³-hybridized carbons (Fsp3) is 0.143. The number of rotatable bonds is 3. The Morgan fingerprint density at radius 2 is 2.20 bits per heavy atom. The maximum Gasteiger partial charge on any atom is 0.406 e. The Hall–Kier alpha value is -2.12. The highest BCUT2D eigenvalue weighted by Gasteiger charge is 2.27. The van der Waals surface area contributed by atoms with E-state index in [1.807, 2.05) is 0 Å². The highest BCUT2D eigenvalue weighted by Crippen LogP contribution is 2.35. The van der Waals surface area contributed by atoms with Gasteiger partial charge in [0.1, 0.15) is 0 Å². The largest absolute Gasteiger partial charge is 0.501 e. The summed E-state index contributed by atoms with van der Waals surface area (Å²) in [5.41, 5.74) is -1.65. The highest BCUT2D eigenvalue weighted by molar-refractivity contribution is 5.79. The van der Waals surface area contributed by atoms with Crippen molar-refractivity contribution in [1.82, 2.24) is 4.98 Å². The van der Waals surface area contributed by atoms with Crippen LogP contribution >= 0.6 is 0 Å². The van der Waals surface area contributed by atoms with Crippen molar-refractivity contribution in [1.29, 1.82) is 0 Å². The summed E-state index contributed by atoms with van der Waals surface area (Å²) in [6, 6.07) is 0. The predicted octanol–water partition coefficient (Wildman–Crippen LogP) is 1.45. The second-order valence-corrected chi connectivity index (χ2v) is 2.48. The average Bonchev–Trinajstić information content (AvgIpc) is 2.15. The number of halogens is 2. The van der Waals surface area contributed by atoms with E-state index >= 15 is 0 Å². The fourth-order valence-electron chi connectivity index (χ4n) is 0.975. The van der Waals surface area contributed by atoms with Crippen LogP contribution in [0.15, 0.2) is 6.20 Å². The van der Waals surface area contributed by atoms with Crippen LogP contribution in [-0.4, -0.2) is 21.3 Å². The zero-order chi connectivity index (χ0) is 11.6. The van der Waals surface area contributed by atoms with Gasteiger partial charge >= 0.3 is 5.82 Å². The summed E-state index contributed by atoms with van der Waals surface area (Å²) in [5.74, 6) is -2.38. The number of aldehydes is 1. The van der Waals surface area contributed by atoms with E-state index in [2.05, 4.69) is 4.98 Å². The van der Waals surface area contributed by atoms with Gasteiger partial charge in [-0.3, -0.25) is 4.79 Å². The van der Waals surface area contributed by atoms with Gasteiger partial charge in [0.05, 0.1) is 11.1 Å². The van der Waals surface area contributed by atoms with Crippen LogP contribution in [-0.2, 0) is 0 Å². The first kappa shape index (κ1) is 11.0. The molecular weight excluding hydrogens is 214 g/mol. The second kappa shape index (κ2) is 3.95. The number of carbonyl (C=O) groups is 1. The molecule has 0 unspecified atom stereocenters. The summed E-state index contributed by atoms with van der Waals surface area (Å²) in [6.45, 7) is 0. The van der Waals surface area contributed by atoms with Crippen molar-refractivity contribution in [3.63, 3.8) is 0 Å². The van der Waals surface area contributed by atoms with Gasteiger partial charge in [-0.25, -0.2) is 8.78 Å². The number of nitro groups is 1. The molecular formula is C7H4F2N2O4. The Kier molecular flexibility index (Phi) is 2.88. The van der Waals surface area contributed by atoms with E-state index in [1.54, 1.807) is 0 Å². The molecule has 1 N–H and O–H groups in total. The summed E-state index contributed by atoms with van der Waals surface area (Å²) in [6.07, 6.45) is -2.53. The first-order valence-electron chi connectivity index (χ1n) is 3.58. The van der Waals surface area contributed by atoms with E-state index in [4.69, 9.17) is 5.11 Å². The minimum Gasteiger partial charge on any atom is -0.501 e. The standard InChI is InChI=1S/C7H4F2N2O4/c8-6(9)4-3(2-12)1-10-7(5(4)13)11(14)15/h1-2,6,13H. The van der Waals surface area contributed by atoms with Gasteiger partial charge in [-0.1, -0.05) is 0 Å². The quantitative estimate of drug-likeness (QED) is 0.470. The molecule has 15 heavy (non-hydrogen) atoms. The molecule has 1 aromatic rings. The summed E-state index contributed by atoms with van der Waals surface area (Å²) in [4.78, 5) is 22.5. The van der Waals surface area contributed by atoms with E-state index in [0.717, 1.165) is 0 Å². The van der Waals surface area contributed by atoms with Crippen LogP contribution in [0.25, 0.3) is 0 Å². The number of nitrogens with zero attached hydrogens (tertiary/aromatic N) is 2. The van der Waals surface area contributed by atoms with Gasteiger partial charge in [0.2, 0.25) is 5.75 Å². The SMILES string of the molecule is O=Cc1cnc([N+](=O)[O-])c(O)c1C(F)F. The second-order valence-electron chi connectivity index (χ2n) is 2.48. The summed E-state index contributed by atoms with van der Waals surface area (Å²) < 4.78 is 24.7. The first-order valence-corrected chi connectivity index (χ1v) is 3.58.